The number of nitrogen functional groups attached to an aromatic ring is 1. The Morgan fingerprint density at radius 3 is 2.07 bits per heavy atom. The molecule has 0 saturated carbocycles. The van der Waals surface area contributed by atoms with E-state index in [4.69, 9.17) is 61.8 Å². The zero-order chi connectivity index (χ0) is 65.8. The molecule has 10 N–H and O–H groups in total. The molecule has 8 rings (SSSR count). The van der Waals surface area contributed by atoms with Gasteiger partial charge in [0.15, 0.2) is 35.0 Å². The second kappa shape index (κ2) is 34.6. The van der Waals surface area contributed by atoms with Crippen LogP contribution in [0.1, 0.15) is 45.2 Å². The van der Waals surface area contributed by atoms with Crippen molar-refractivity contribution in [1.29, 1.82) is 0 Å². The van der Waals surface area contributed by atoms with Crippen LogP contribution in [-0.2, 0) is 94.9 Å². The molecule has 0 bridgehead atoms. The summed E-state index contributed by atoms with van der Waals surface area (Å²) < 4.78 is 110. The van der Waals surface area contributed by atoms with Gasteiger partial charge in [-0.25, -0.2) is 43.9 Å². The van der Waals surface area contributed by atoms with E-state index in [1.54, 1.807) is 45.2 Å². The maximum atomic E-state index is 16.6. The number of phosphoric ester groups is 1. The van der Waals surface area contributed by atoms with Crippen molar-refractivity contribution >= 4 is 89.4 Å². The maximum Gasteiger partial charge on any atom is 0.472 e. The number of H-pyrrole nitrogens is 1. The number of hydrogen-bond donors (Lipinski definition) is 9. The number of nitrogens with one attached hydrogen (secondary N) is 7. The number of aromatic amines is 1. The predicted molar refractivity (Wildman–Crippen MR) is 320 cm³/mol. The van der Waals surface area contributed by atoms with E-state index < -0.39 is 119 Å². The minimum absolute atomic E-state index is 0.00412. The summed E-state index contributed by atoms with van der Waals surface area (Å²) in [5.41, 5.74) is 9.15. The number of benzene rings is 1. The molecule has 0 radical (unpaired) electrons. The lowest BCUT2D eigenvalue weighted by Gasteiger charge is -2.28. The number of hydrogen-bond acceptors (Lipinski definition) is 28. The molecule has 3 aliphatic heterocycles. The fourth-order valence-electron chi connectivity index (χ4n) is 9.19. The lowest BCUT2D eigenvalue weighted by atomic mass is 10.0. The molecular formula is C52H74FN15O21P2S. The first-order valence-electron chi connectivity index (χ1n) is 28.9. The number of nitrogens with zero attached hydrogens (tertiary/aromatic N) is 7. The molecule has 4 aromatic heterocycles. The van der Waals surface area contributed by atoms with Crippen LogP contribution >= 0.6 is 26.0 Å². The van der Waals surface area contributed by atoms with Crippen molar-refractivity contribution in [1.82, 2.24) is 65.8 Å². The first-order chi connectivity index (χ1) is 44.2. The summed E-state index contributed by atoms with van der Waals surface area (Å²) in [7, 11) is -3.51. The van der Waals surface area contributed by atoms with Gasteiger partial charge in [0.05, 0.1) is 85.1 Å². The molecule has 3 saturated heterocycles. The normalized spacial score (nSPS) is 24.1. The van der Waals surface area contributed by atoms with Crippen molar-refractivity contribution in [2.75, 3.05) is 117 Å². The third-order valence-corrected chi connectivity index (χ3v) is 18.5. The molecule has 92 heavy (non-hydrogen) atoms. The van der Waals surface area contributed by atoms with Gasteiger partial charge in [-0.3, -0.25) is 60.8 Å². The quantitative estimate of drug-likeness (QED) is 0.0152. The number of phosphoric acid groups is 1. The highest BCUT2D eigenvalue weighted by atomic mass is 32.7. The Kier molecular flexibility index (Phi) is 26.8. The van der Waals surface area contributed by atoms with E-state index in [9.17, 15) is 38.2 Å². The van der Waals surface area contributed by atoms with Crippen molar-refractivity contribution in [3.8, 4) is 0 Å². The van der Waals surface area contributed by atoms with Gasteiger partial charge < -0.3 is 75.4 Å². The molecule has 5 amide bonds. The minimum atomic E-state index is -5.13. The van der Waals surface area contributed by atoms with E-state index in [0.717, 1.165) is 17.7 Å². The van der Waals surface area contributed by atoms with Crippen LogP contribution in [-0.4, -0.2) is 222 Å². The molecule has 11 atom stereocenters. The van der Waals surface area contributed by atoms with Crippen molar-refractivity contribution in [3.05, 3.63) is 65.5 Å². The van der Waals surface area contributed by atoms with Crippen molar-refractivity contribution < 1.29 is 98.5 Å². The van der Waals surface area contributed by atoms with E-state index in [-0.39, 0.29) is 125 Å². The van der Waals surface area contributed by atoms with Gasteiger partial charge in [-0.05, 0) is 41.9 Å². The smallest absolute Gasteiger partial charge is 0.382 e. The zero-order valence-corrected chi connectivity index (χ0v) is 53.0. The fraction of sp³-hybridized carbons (Fsp3) is 0.596. The number of hydroxylamine groups is 1. The molecule has 506 valence electrons. The number of nitrogens with two attached hydrogens (primary N) is 1. The Bertz CT molecular complexity index is 3430. The highest BCUT2D eigenvalue weighted by Gasteiger charge is 2.53. The van der Waals surface area contributed by atoms with Crippen molar-refractivity contribution in [3.63, 3.8) is 0 Å². The first-order valence-corrected chi connectivity index (χ1v) is 33.6. The van der Waals surface area contributed by atoms with Crippen LogP contribution in [0.15, 0.2) is 54.4 Å². The summed E-state index contributed by atoms with van der Waals surface area (Å²) in [6, 6.07) is 4.27. The lowest BCUT2D eigenvalue weighted by molar-refractivity contribution is -0.133. The fourth-order valence-corrected chi connectivity index (χ4v) is 13.6. The average Bonchev–Trinajstić information content (AvgIpc) is 1.71. The van der Waals surface area contributed by atoms with Crippen LogP contribution in [0.4, 0.5) is 15.9 Å². The Balaban J connectivity index is 0.771. The predicted octanol–water partition coefficient (Wildman–Crippen LogP) is 0.0742. The number of rotatable bonds is 33. The number of ether oxygens (including phenoxy) is 7. The number of fused-ring (bicyclic) bond motifs is 4. The monoisotopic (exact) mass is 1360 g/mol. The number of carbonyl (C=O) groups excluding carboxylic acids is 5. The van der Waals surface area contributed by atoms with Gasteiger partial charge in [0, 0.05) is 38.0 Å². The lowest BCUT2D eigenvalue weighted by Crippen LogP contribution is -2.54. The molecule has 3 fully saturated rings. The summed E-state index contributed by atoms with van der Waals surface area (Å²) in [5, 5.41) is 13.3. The van der Waals surface area contributed by atoms with Crippen LogP contribution in [0.2, 0.25) is 0 Å². The van der Waals surface area contributed by atoms with Crippen LogP contribution in [0.5, 0.6) is 0 Å². The Morgan fingerprint density at radius 1 is 0.750 bits per heavy atom. The first kappa shape index (κ1) is 71.3. The molecule has 36 nitrogen and oxygen atoms in total. The van der Waals surface area contributed by atoms with Crippen LogP contribution in [0.25, 0.3) is 22.3 Å². The number of aromatic nitrogens is 8. The number of imidazole rings is 2. The van der Waals surface area contributed by atoms with Crippen LogP contribution < -0.4 is 43.4 Å². The molecule has 1 aromatic carbocycles. The number of amides is 5. The van der Waals surface area contributed by atoms with Gasteiger partial charge in [0.1, 0.15) is 74.4 Å². The molecule has 2 unspecified atom stereocenters. The molecule has 3 aliphatic rings. The zero-order valence-electron chi connectivity index (χ0n) is 50.4. The number of carbonyl (C=O) groups is 5. The standard InChI is InChI=1S/C52H74FN15O21P2S/c1-30(2)42(66-39(71)24-81-16-14-79-12-9-56-37(69)22-80-15-13-78-11-10-57-38(70)23-82-17-18-83-55-4)51(74)64-31(3)49(72)65-33-7-5-32(6-8-33)25-92-91(77)85-21-36-45(41(53)52(87-36)68-29-62-43-46(54)58-26-59-47(43)68)89-90(75,76)84-20-35-34(88-91)19-40(86-35)67-28-63-44-48(67)60-27-61-50(44)73/h5-8,26-31,34-36,40-42,45,52,55H,9-25H2,1-4H3,(H,56,69)(H,57,70)(H,64,74)(H,65,72)(H,66,71)(H,75,76)(H2,54,58,59)(H,60,61,73)/t31-,34-,35+,36+,40+,41+,42-,45+,52+,91?/m0/s1. The molecule has 40 heteroatoms. The summed E-state index contributed by atoms with van der Waals surface area (Å²) in [6.07, 6.45) is -5.86. The SMILES string of the molecule is CNOCCOCC(=O)NCCOCCOCC(=O)NCCOCCOCC(=O)N[C@H](C(=O)N[C@@H](C)C(=O)Nc1ccc(CSP2(=O)OC[C@H]3O[C@@H](n4cnc5c(N)ncnc54)[C@H](F)[C@@H]3OP(=O)(O)OC[C@H]3O[C@@H](n4cnc5c(=O)[nH]cnc54)C[C@@H]3O2)cc1)C(C)C. The summed E-state index contributed by atoms with van der Waals surface area (Å²) in [5.74, 6) is -2.89. The van der Waals surface area contributed by atoms with Gasteiger partial charge in [0.25, 0.3) is 5.56 Å². The minimum Gasteiger partial charge on any atom is -0.382 e. The highest BCUT2D eigenvalue weighted by molar-refractivity contribution is 8.54. The Labute approximate surface area is 528 Å². The second-order valence-electron chi connectivity index (χ2n) is 20.8. The summed E-state index contributed by atoms with van der Waals surface area (Å²) >= 11 is 0.740. The van der Waals surface area contributed by atoms with E-state index in [1.807, 2.05) is 0 Å². The molecule has 5 aromatic rings. The summed E-state index contributed by atoms with van der Waals surface area (Å²) in [6.45, 7) is 0.362. The van der Waals surface area contributed by atoms with Gasteiger partial charge in [-0.2, -0.15) is 0 Å². The van der Waals surface area contributed by atoms with E-state index in [1.165, 1.54) is 35.0 Å². The maximum absolute atomic E-state index is 16.6. The van der Waals surface area contributed by atoms with Crippen molar-refractivity contribution in [2.45, 2.75) is 88.1 Å². The Morgan fingerprint density at radius 2 is 1.38 bits per heavy atom. The van der Waals surface area contributed by atoms with Crippen LogP contribution in [0, 0.1) is 5.92 Å². The Hall–Kier alpha value is -6.55. The van der Waals surface area contributed by atoms with Crippen molar-refractivity contribution in [2.24, 2.45) is 5.92 Å². The average molecular weight is 1360 g/mol. The second-order valence-corrected chi connectivity index (χ2v) is 26.3. The molecule has 0 spiro atoms. The van der Waals surface area contributed by atoms with Gasteiger partial charge in [-0.15, -0.1) is 0 Å². The third-order valence-electron chi connectivity index (χ3n) is 13.8. The van der Waals surface area contributed by atoms with Gasteiger partial charge >= 0.3 is 14.6 Å². The number of anilines is 2. The largest absolute Gasteiger partial charge is 0.472 e. The number of alkyl halides is 1. The van der Waals surface area contributed by atoms with Gasteiger partial charge in [0.2, 0.25) is 29.5 Å². The third kappa shape index (κ3) is 20.5. The van der Waals surface area contributed by atoms with E-state index in [2.05, 4.69) is 62.0 Å². The summed E-state index contributed by atoms with van der Waals surface area (Å²) in [4.78, 5) is 115. The molecular weight excluding hydrogens is 1280 g/mol. The van der Waals surface area contributed by atoms with E-state index in [0.29, 0.717) is 17.9 Å². The molecule has 7 heterocycles. The topological polar surface area (TPSA) is 456 Å². The van der Waals surface area contributed by atoms with Crippen LogP contribution in [0.3, 0.4) is 0 Å². The van der Waals surface area contributed by atoms with Gasteiger partial charge in [-0.1, -0.05) is 26.0 Å². The highest BCUT2D eigenvalue weighted by Crippen LogP contribution is 2.64. The molecule has 0 aliphatic carbocycles. The number of halogens is 1. The van der Waals surface area contributed by atoms with E-state index >= 15 is 8.96 Å².